The molecule has 1 saturated carbocycles. The Morgan fingerprint density at radius 1 is 1.11 bits per heavy atom. The number of anilines is 1. The van der Waals surface area contributed by atoms with Crippen molar-refractivity contribution in [2.24, 2.45) is 0 Å². The number of carbonyl (C=O) groups is 1. The molecule has 5 heterocycles. The summed E-state index contributed by atoms with van der Waals surface area (Å²) in [6.07, 6.45) is 11.7. The summed E-state index contributed by atoms with van der Waals surface area (Å²) in [6.45, 7) is 2.87. The van der Waals surface area contributed by atoms with Gasteiger partial charge in [0.1, 0.15) is 11.3 Å². The molecule has 1 amide bonds. The van der Waals surface area contributed by atoms with Crippen LogP contribution in [0.3, 0.4) is 0 Å². The highest BCUT2D eigenvalue weighted by molar-refractivity contribution is 5.93. The average Bonchev–Trinajstić information content (AvgIpc) is 3.61. The van der Waals surface area contributed by atoms with Gasteiger partial charge in [-0.2, -0.15) is 0 Å². The third-order valence-corrected chi connectivity index (χ3v) is 6.91. The summed E-state index contributed by atoms with van der Waals surface area (Å²) < 4.78 is 14.5. The minimum atomic E-state index is 0.0373. The van der Waals surface area contributed by atoms with Gasteiger partial charge in [0.05, 0.1) is 37.2 Å². The van der Waals surface area contributed by atoms with Gasteiger partial charge in [-0.1, -0.05) is 0 Å². The predicted octanol–water partition coefficient (Wildman–Crippen LogP) is 2.89. The Labute approximate surface area is 202 Å². The lowest BCUT2D eigenvalue weighted by atomic mass is 9.89. The van der Waals surface area contributed by atoms with Crippen molar-refractivity contribution in [2.45, 2.75) is 37.8 Å². The SMILES string of the molecule is COCCO[C@H]1C[C@@H](Nc2ncc3c(-c4ccc5ncc(C(=O)N6CCCC6)n5c4)ccn3n2)C1. The molecule has 1 saturated heterocycles. The number of carbonyl (C=O) groups excluding carboxylic acids is 1. The summed E-state index contributed by atoms with van der Waals surface area (Å²) in [4.78, 5) is 23.9. The Morgan fingerprint density at radius 3 is 2.80 bits per heavy atom. The third-order valence-electron chi connectivity index (χ3n) is 6.91. The van der Waals surface area contributed by atoms with E-state index in [4.69, 9.17) is 9.47 Å². The molecule has 1 aliphatic carbocycles. The van der Waals surface area contributed by atoms with E-state index in [-0.39, 0.29) is 12.0 Å². The molecule has 2 aliphatic rings. The minimum absolute atomic E-state index is 0.0373. The van der Waals surface area contributed by atoms with Crippen molar-refractivity contribution in [1.29, 1.82) is 0 Å². The molecule has 1 aliphatic heterocycles. The van der Waals surface area contributed by atoms with E-state index in [9.17, 15) is 4.79 Å². The molecule has 10 heteroatoms. The van der Waals surface area contributed by atoms with Crippen molar-refractivity contribution in [3.63, 3.8) is 0 Å². The minimum Gasteiger partial charge on any atom is -0.382 e. The number of ether oxygens (including phenoxy) is 2. The molecule has 182 valence electrons. The molecular formula is C25H29N7O3. The van der Waals surface area contributed by atoms with Crippen LogP contribution in [0.15, 0.2) is 43.0 Å². The van der Waals surface area contributed by atoms with Crippen LogP contribution in [0.4, 0.5) is 5.95 Å². The molecule has 0 spiro atoms. The van der Waals surface area contributed by atoms with Crippen molar-refractivity contribution < 1.29 is 14.3 Å². The molecule has 1 N–H and O–H groups in total. The maximum atomic E-state index is 13.0. The molecule has 0 bridgehead atoms. The largest absolute Gasteiger partial charge is 0.382 e. The number of rotatable bonds is 8. The van der Waals surface area contributed by atoms with Gasteiger partial charge in [0.25, 0.3) is 5.91 Å². The number of nitrogens with zero attached hydrogens (tertiary/aromatic N) is 6. The van der Waals surface area contributed by atoms with Crippen LogP contribution in [-0.2, 0) is 9.47 Å². The second-order valence-electron chi connectivity index (χ2n) is 9.23. The highest BCUT2D eigenvalue weighted by Gasteiger charge is 2.30. The lowest BCUT2D eigenvalue weighted by molar-refractivity contribution is -0.0261. The number of fused-ring (bicyclic) bond motifs is 2. The number of likely N-dealkylation sites (tertiary alicyclic amines) is 1. The van der Waals surface area contributed by atoms with Gasteiger partial charge >= 0.3 is 0 Å². The third kappa shape index (κ3) is 4.23. The van der Waals surface area contributed by atoms with Crippen LogP contribution >= 0.6 is 0 Å². The van der Waals surface area contributed by atoms with Crippen molar-refractivity contribution in [3.05, 3.63) is 48.7 Å². The molecule has 0 radical (unpaired) electrons. The van der Waals surface area contributed by atoms with Crippen LogP contribution in [0.1, 0.15) is 36.2 Å². The van der Waals surface area contributed by atoms with Crippen LogP contribution in [0.5, 0.6) is 0 Å². The van der Waals surface area contributed by atoms with E-state index in [1.165, 1.54) is 0 Å². The number of pyridine rings is 1. The van der Waals surface area contributed by atoms with Crippen LogP contribution in [0.25, 0.3) is 22.3 Å². The molecule has 0 aromatic carbocycles. The first kappa shape index (κ1) is 22.0. The average molecular weight is 476 g/mol. The maximum Gasteiger partial charge on any atom is 0.272 e. The predicted molar refractivity (Wildman–Crippen MR) is 131 cm³/mol. The smallest absolute Gasteiger partial charge is 0.272 e. The Bertz CT molecular complexity index is 1350. The van der Waals surface area contributed by atoms with Gasteiger partial charge in [-0.3, -0.25) is 9.20 Å². The molecule has 6 rings (SSSR count). The van der Waals surface area contributed by atoms with Crippen molar-refractivity contribution in [1.82, 2.24) is 28.9 Å². The van der Waals surface area contributed by atoms with E-state index in [0.29, 0.717) is 30.9 Å². The second-order valence-corrected chi connectivity index (χ2v) is 9.23. The van der Waals surface area contributed by atoms with E-state index >= 15 is 0 Å². The summed E-state index contributed by atoms with van der Waals surface area (Å²) >= 11 is 0. The van der Waals surface area contributed by atoms with Gasteiger partial charge in [-0.15, -0.1) is 5.10 Å². The topological polar surface area (TPSA) is 98.3 Å². The number of methoxy groups -OCH3 is 1. The monoisotopic (exact) mass is 475 g/mol. The molecular weight excluding hydrogens is 446 g/mol. The Kier molecular flexibility index (Phi) is 5.83. The Hall–Kier alpha value is -3.50. The standard InChI is InChI=1S/C25H29N7O3/c1-34-10-11-35-19-12-18(13-19)28-25-27-14-21-20(6-9-32(21)29-25)17-4-5-23-26-15-22(31(23)16-17)24(33)30-7-2-3-8-30/h4-6,9,14-16,18-19H,2-3,7-8,10-13H2,1H3,(H,28,29)/t18-,19+. The Balaban J connectivity index is 1.20. The first-order chi connectivity index (χ1) is 17.2. The number of nitrogens with one attached hydrogen (secondary N) is 1. The van der Waals surface area contributed by atoms with Crippen LogP contribution in [0.2, 0.25) is 0 Å². The lowest BCUT2D eigenvalue weighted by Gasteiger charge is -2.35. The fourth-order valence-corrected chi connectivity index (χ4v) is 4.89. The van der Waals surface area contributed by atoms with E-state index in [1.54, 1.807) is 13.3 Å². The highest BCUT2D eigenvalue weighted by atomic mass is 16.5. The Morgan fingerprint density at radius 2 is 1.97 bits per heavy atom. The second kappa shape index (κ2) is 9.27. The fraction of sp³-hybridized carbons (Fsp3) is 0.440. The number of amides is 1. The van der Waals surface area contributed by atoms with E-state index < -0.39 is 0 Å². The first-order valence-electron chi connectivity index (χ1n) is 12.2. The molecule has 0 atom stereocenters. The van der Waals surface area contributed by atoms with Gasteiger partial charge in [-0.05, 0) is 43.9 Å². The van der Waals surface area contributed by atoms with Crippen molar-refractivity contribution in [3.8, 4) is 11.1 Å². The molecule has 2 fully saturated rings. The van der Waals surface area contributed by atoms with Gasteiger partial charge in [-0.25, -0.2) is 14.5 Å². The summed E-state index contributed by atoms with van der Waals surface area (Å²) in [6, 6.07) is 6.30. The number of aromatic nitrogens is 5. The van der Waals surface area contributed by atoms with E-state index in [2.05, 4.69) is 20.4 Å². The van der Waals surface area contributed by atoms with E-state index in [1.807, 2.05) is 50.6 Å². The number of hydrogen-bond acceptors (Lipinski definition) is 7. The summed E-state index contributed by atoms with van der Waals surface area (Å²) in [7, 11) is 1.68. The van der Waals surface area contributed by atoms with Crippen LogP contribution in [0, 0.1) is 0 Å². The number of hydrogen-bond donors (Lipinski definition) is 1. The van der Waals surface area contributed by atoms with Gasteiger partial charge in [0.2, 0.25) is 5.95 Å². The summed E-state index contributed by atoms with van der Waals surface area (Å²) in [5.41, 5.74) is 4.24. The first-order valence-corrected chi connectivity index (χ1v) is 12.2. The summed E-state index contributed by atoms with van der Waals surface area (Å²) in [5, 5.41) is 8.05. The molecule has 4 aromatic rings. The number of imidazole rings is 1. The van der Waals surface area contributed by atoms with Crippen molar-refractivity contribution >= 4 is 23.0 Å². The summed E-state index contributed by atoms with van der Waals surface area (Å²) in [5.74, 6) is 0.638. The molecule has 10 nitrogen and oxygen atoms in total. The zero-order chi connectivity index (χ0) is 23.8. The van der Waals surface area contributed by atoms with Gasteiger partial charge in [0, 0.05) is 49.8 Å². The molecule has 4 aromatic heterocycles. The zero-order valence-electron chi connectivity index (χ0n) is 19.8. The van der Waals surface area contributed by atoms with Crippen LogP contribution in [-0.4, -0.2) is 80.3 Å². The quantitative estimate of drug-likeness (QED) is 0.391. The molecule has 35 heavy (non-hydrogen) atoms. The maximum absolute atomic E-state index is 13.0. The fourth-order valence-electron chi connectivity index (χ4n) is 4.89. The lowest BCUT2D eigenvalue weighted by Crippen LogP contribution is -2.41. The molecule has 0 unspecified atom stereocenters. The van der Waals surface area contributed by atoms with E-state index in [0.717, 1.165) is 61.1 Å². The van der Waals surface area contributed by atoms with Crippen molar-refractivity contribution in [2.75, 3.05) is 38.7 Å². The highest BCUT2D eigenvalue weighted by Crippen LogP contribution is 2.28. The van der Waals surface area contributed by atoms with Gasteiger partial charge < -0.3 is 19.7 Å². The zero-order valence-corrected chi connectivity index (χ0v) is 19.8. The van der Waals surface area contributed by atoms with Gasteiger partial charge in [0.15, 0.2) is 0 Å². The van der Waals surface area contributed by atoms with Crippen LogP contribution < -0.4 is 5.32 Å². The normalized spacial score (nSPS) is 20.0.